The van der Waals surface area contributed by atoms with Crippen LogP contribution in [0.2, 0.25) is 0 Å². The Kier molecular flexibility index (Phi) is 4.61. The normalized spacial score (nSPS) is 21.6. The van der Waals surface area contributed by atoms with Gasteiger partial charge in [-0.15, -0.1) is 0 Å². The van der Waals surface area contributed by atoms with Gasteiger partial charge in [0.15, 0.2) is 0 Å². The Labute approximate surface area is 89.2 Å². The molecule has 0 N–H and O–H groups in total. The molecule has 0 aliphatic rings. The summed E-state index contributed by atoms with van der Waals surface area (Å²) in [7, 11) is 0. The topological polar surface area (TPSA) is 0 Å². The van der Waals surface area contributed by atoms with Gasteiger partial charge in [-0.2, -0.15) is 0 Å². The van der Waals surface area contributed by atoms with E-state index in [1.165, 1.54) is 0 Å². The van der Waals surface area contributed by atoms with E-state index >= 15 is 0 Å². The molecule has 0 heterocycles. The maximum atomic E-state index is 9.93. The first-order chi connectivity index (χ1) is 4.90. The third-order valence-corrected chi connectivity index (χ3v) is 0. The summed E-state index contributed by atoms with van der Waals surface area (Å²) in [5.41, 5.74) is 0. The molecular weight excluding hydrogens is 527 g/mol. The van der Waals surface area contributed by atoms with Crippen molar-refractivity contribution in [3.63, 3.8) is 0 Å². The van der Waals surface area contributed by atoms with Gasteiger partial charge in [-0.05, 0) is 0 Å². The SMILES string of the molecule is [F][Sb-]([F])([F])([F])([F])[F].[F][Sb-]([F])([F])([F])([F])[F].[Fe+2]. The Hall–Kier alpha value is 1.32. The fraction of sp³-hybridized carbons (Fsp3) is 0. The van der Waals surface area contributed by atoms with Crippen LogP contribution in [0.5, 0.6) is 0 Å². The van der Waals surface area contributed by atoms with E-state index in [1.807, 2.05) is 0 Å². The van der Waals surface area contributed by atoms with Crippen LogP contribution in [-0.4, -0.2) is 39.0 Å². The molecule has 0 unspecified atom stereocenters. The zero-order chi connectivity index (χ0) is 12.8. The van der Waals surface area contributed by atoms with Crippen molar-refractivity contribution in [2.24, 2.45) is 0 Å². The molecule has 0 nitrogen and oxygen atoms in total. The van der Waals surface area contributed by atoms with Crippen LogP contribution in [-0.2, 0) is 17.1 Å². The molecule has 0 aromatic carbocycles. The predicted octanol–water partition coefficient (Wildman–Crippen LogP) is 4.28. The summed E-state index contributed by atoms with van der Waals surface area (Å²) in [5.74, 6) is 0. The molecular formula is F12FeSb2. The van der Waals surface area contributed by atoms with Crippen LogP contribution in [0, 0.1) is 0 Å². The van der Waals surface area contributed by atoms with Crippen LogP contribution >= 0.6 is 0 Å². The van der Waals surface area contributed by atoms with Crippen LogP contribution in [0.1, 0.15) is 0 Å². The average molecular weight is 527 g/mol. The Morgan fingerprint density at radius 3 is 0.333 bits per heavy atom. The van der Waals surface area contributed by atoms with Gasteiger partial charge in [-0.25, -0.2) is 0 Å². The van der Waals surface area contributed by atoms with Crippen LogP contribution in [0.25, 0.3) is 0 Å². The molecule has 0 saturated carbocycles. The van der Waals surface area contributed by atoms with Gasteiger partial charge in [0.25, 0.3) is 0 Å². The maximum absolute atomic E-state index is 11.2. The minimum Gasteiger partial charge on any atom is 2.00 e. The van der Waals surface area contributed by atoms with E-state index in [-0.39, 0.29) is 17.1 Å². The quantitative estimate of drug-likeness (QED) is 0.326. The first kappa shape index (κ1) is 21.6. The molecule has 0 aromatic heterocycles. The number of hydrogen-bond donors (Lipinski definition) is 0. The van der Waals surface area contributed by atoms with Gasteiger partial charge >= 0.3 is 89.8 Å². The van der Waals surface area contributed by atoms with Crippen molar-refractivity contribution < 1.29 is 50.8 Å². The standard InChI is InChI=1S/12FH.Fe.2Sb/h12*1H;;;/q;;;;;;;;;;;;+2;2*+5/p-12. The molecule has 0 amide bonds. The fourth-order valence-corrected chi connectivity index (χ4v) is 0. The zero-order valence-corrected chi connectivity index (χ0v) is 12.0. The van der Waals surface area contributed by atoms with Crippen molar-refractivity contribution in [3.8, 4) is 0 Å². The summed E-state index contributed by atoms with van der Waals surface area (Å²) in [6.07, 6.45) is 0. The predicted molar refractivity (Wildman–Crippen MR) is 24.8 cm³/mol. The first-order valence-electron chi connectivity index (χ1n) is 2.03. The summed E-state index contributed by atoms with van der Waals surface area (Å²) < 4.78 is 119. The van der Waals surface area contributed by atoms with Crippen molar-refractivity contribution >= 4 is 39.0 Å². The molecule has 0 spiro atoms. The summed E-state index contributed by atoms with van der Waals surface area (Å²) in [5, 5.41) is 0. The largest absolute Gasteiger partial charge is 2.00 e. The fourth-order valence-electron chi connectivity index (χ4n) is 0. The monoisotopic (exact) mass is 526 g/mol. The molecule has 15 heavy (non-hydrogen) atoms. The van der Waals surface area contributed by atoms with E-state index in [4.69, 9.17) is 0 Å². The van der Waals surface area contributed by atoms with Crippen LogP contribution in [0.3, 0.4) is 0 Å². The number of halogens is 12. The second-order valence-corrected chi connectivity index (χ2v) is 12.9. The summed E-state index contributed by atoms with van der Waals surface area (Å²) in [6, 6.07) is 0. The molecule has 0 radical (unpaired) electrons. The minimum absolute atomic E-state index is 0. The van der Waals surface area contributed by atoms with Gasteiger partial charge < -0.3 is 0 Å². The molecule has 0 fully saturated rings. The van der Waals surface area contributed by atoms with Crippen LogP contribution in [0.15, 0.2) is 0 Å². The Bertz CT molecular complexity index is 161. The Morgan fingerprint density at radius 2 is 0.333 bits per heavy atom. The third kappa shape index (κ3) is 1570. The van der Waals surface area contributed by atoms with E-state index in [0.717, 1.165) is 0 Å². The van der Waals surface area contributed by atoms with Crippen molar-refractivity contribution in [2.45, 2.75) is 0 Å². The van der Waals surface area contributed by atoms with E-state index in [0.29, 0.717) is 0 Å². The summed E-state index contributed by atoms with van der Waals surface area (Å²) in [6.45, 7) is 0. The maximum Gasteiger partial charge on any atom is 2.00 e. The molecule has 0 rings (SSSR count). The second-order valence-electron chi connectivity index (χ2n) is 1.92. The van der Waals surface area contributed by atoms with E-state index < -0.39 is 39.0 Å². The van der Waals surface area contributed by atoms with Gasteiger partial charge in [0.05, 0.1) is 0 Å². The molecule has 0 atom stereocenters. The molecule has 0 aliphatic heterocycles. The number of hydrogen-bond acceptors (Lipinski definition) is 0. The van der Waals surface area contributed by atoms with Gasteiger partial charge in [-0.3, -0.25) is 0 Å². The molecule has 15 heteroatoms. The van der Waals surface area contributed by atoms with E-state index in [9.17, 15) is 33.8 Å². The summed E-state index contributed by atoms with van der Waals surface area (Å²) in [4.78, 5) is 0. The minimum atomic E-state index is -11.2. The Balaban J connectivity index is -0.000000180. The second kappa shape index (κ2) is 3.20. The average Bonchev–Trinajstić information content (AvgIpc) is 0.938. The van der Waals surface area contributed by atoms with Crippen molar-refractivity contribution in [3.05, 3.63) is 0 Å². The van der Waals surface area contributed by atoms with Gasteiger partial charge in [0, 0.05) is 0 Å². The van der Waals surface area contributed by atoms with Gasteiger partial charge in [0.2, 0.25) is 0 Å². The Morgan fingerprint density at radius 1 is 0.333 bits per heavy atom. The third-order valence-electron chi connectivity index (χ3n) is 0. The van der Waals surface area contributed by atoms with Crippen LogP contribution < -0.4 is 0 Å². The van der Waals surface area contributed by atoms with Crippen molar-refractivity contribution in [2.75, 3.05) is 0 Å². The van der Waals surface area contributed by atoms with Crippen molar-refractivity contribution in [1.82, 2.24) is 0 Å². The summed E-state index contributed by atoms with van der Waals surface area (Å²) >= 11 is -22.5. The van der Waals surface area contributed by atoms with Crippen LogP contribution in [0.4, 0.5) is 33.8 Å². The zero-order valence-electron chi connectivity index (χ0n) is 5.78. The van der Waals surface area contributed by atoms with Gasteiger partial charge in [-0.1, -0.05) is 0 Å². The molecule has 0 saturated heterocycles. The molecule has 102 valence electrons. The smallest absolute Gasteiger partial charge is 2.00 e. The molecule has 0 aromatic rings. The van der Waals surface area contributed by atoms with Gasteiger partial charge in [0.1, 0.15) is 0 Å². The number of rotatable bonds is 0. The first-order valence-corrected chi connectivity index (χ1v) is 13.6. The molecule has 0 aliphatic carbocycles. The van der Waals surface area contributed by atoms with E-state index in [2.05, 4.69) is 0 Å². The van der Waals surface area contributed by atoms with Crippen molar-refractivity contribution in [1.29, 1.82) is 0 Å². The molecule has 0 bridgehead atoms. The van der Waals surface area contributed by atoms with E-state index in [1.54, 1.807) is 0 Å².